The highest BCUT2D eigenvalue weighted by molar-refractivity contribution is 6.31. The number of rotatable bonds is 2. The summed E-state index contributed by atoms with van der Waals surface area (Å²) in [7, 11) is 1.64. The molecular formula is C17H14ClFN2O3. The SMILES string of the molecule is CN1C(=O)CCOc2ccc(C(=O)Nc3ccc(F)c(Cl)c3)cc21. The fourth-order valence-corrected chi connectivity index (χ4v) is 2.55. The first-order chi connectivity index (χ1) is 11.5. The Morgan fingerprint density at radius 1 is 1.29 bits per heavy atom. The maximum Gasteiger partial charge on any atom is 0.255 e. The first kappa shape index (κ1) is 16.3. The first-order valence-corrected chi connectivity index (χ1v) is 7.63. The van der Waals surface area contributed by atoms with Crippen molar-refractivity contribution >= 4 is 34.8 Å². The average Bonchev–Trinajstić information content (AvgIpc) is 2.70. The van der Waals surface area contributed by atoms with Crippen molar-refractivity contribution in [2.24, 2.45) is 0 Å². The molecule has 1 aliphatic heterocycles. The van der Waals surface area contributed by atoms with Crippen LogP contribution in [-0.4, -0.2) is 25.5 Å². The molecule has 0 unspecified atom stereocenters. The van der Waals surface area contributed by atoms with Crippen LogP contribution in [0.3, 0.4) is 0 Å². The molecular weight excluding hydrogens is 335 g/mol. The number of nitrogens with one attached hydrogen (secondary N) is 1. The Morgan fingerprint density at radius 3 is 2.83 bits per heavy atom. The number of halogens is 2. The van der Waals surface area contributed by atoms with Gasteiger partial charge in [0.25, 0.3) is 5.91 Å². The molecule has 1 heterocycles. The third-order valence-electron chi connectivity index (χ3n) is 3.71. The standard InChI is InChI=1S/C17H14ClFN2O3/c1-21-14-8-10(2-5-15(14)24-7-6-16(21)22)17(23)20-11-3-4-13(19)12(18)9-11/h2-5,8-9H,6-7H2,1H3,(H,20,23). The summed E-state index contributed by atoms with van der Waals surface area (Å²) >= 11 is 5.70. The largest absolute Gasteiger partial charge is 0.491 e. The van der Waals surface area contributed by atoms with E-state index in [4.69, 9.17) is 16.3 Å². The number of hydrogen-bond acceptors (Lipinski definition) is 3. The number of anilines is 2. The molecule has 5 nitrogen and oxygen atoms in total. The third-order valence-corrected chi connectivity index (χ3v) is 4.00. The van der Waals surface area contributed by atoms with Crippen molar-refractivity contribution in [3.63, 3.8) is 0 Å². The van der Waals surface area contributed by atoms with E-state index in [0.29, 0.717) is 29.3 Å². The van der Waals surface area contributed by atoms with Crippen molar-refractivity contribution in [3.05, 3.63) is 52.8 Å². The van der Waals surface area contributed by atoms with Gasteiger partial charge in [0, 0.05) is 18.3 Å². The lowest BCUT2D eigenvalue weighted by molar-refractivity contribution is -0.118. The highest BCUT2D eigenvalue weighted by Crippen LogP contribution is 2.31. The maximum absolute atomic E-state index is 13.2. The van der Waals surface area contributed by atoms with Crippen molar-refractivity contribution < 1.29 is 18.7 Å². The van der Waals surface area contributed by atoms with Gasteiger partial charge in [-0.1, -0.05) is 11.6 Å². The summed E-state index contributed by atoms with van der Waals surface area (Å²) in [6.45, 7) is 0.301. The number of amides is 2. The zero-order valence-electron chi connectivity index (χ0n) is 12.8. The number of hydrogen-bond donors (Lipinski definition) is 1. The second-order valence-corrected chi connectivity index (χ2v) is 5.72. The second-order valence-electron chi connectivity index (χ2n) is 5.32. The van der Waals surface area contributed by atoms with Crippen LogP contribution in [-0.2, 0) is 4.79 Å². The van der Waals surface area contributed by atoms with Crippen LogP contribution in [0.2, 0.25) is 5.02 Å². The van der Waals surface area contributed by atoms with Gasteiger partial charge < -0.3 is 15.0 Å². The summed E-state index contributed by atoms with van der Waals surface area (Å²) in [5.74, 6) is -0.496. The lowest BCUT2D eigenvalue weighted by Gasteiger charge is -2.17. The Morgan fingerprint density at radius 2 is 2.08 bits per heavy atom. The predicted molar refractivity (Wildman–Crippen MR) is 89.3 cm³/mol. The summed E-state index contributed by atoms with van der Waals surface area (Å²) in [5, 5.41) is 2.56. The summed E-state index contributed by atoms with van der Waals surface area (Å²) in [6.07, 6.45) is 0.279. The molecule has 0 spiro atoms. The van der Waals surface area contributed by atoms with E-state index < -0.39 is 11.7 Å². The van der Waals surface area contributed by atoms with E-state index in [-0.39, 0.29) is 17.4 Å². The Balaban J connectivity index is 1.87. The van der Waals surface area contributed by atoms with Crippen LogP contribution in [0.4, 0.5) is 15.8 Å². The van der Waals surface area contributed by atoms with E-state index in [1.54, 1.807) is 25.2 Å². The van der Waals surface area contributed by atoms with Crippen LogP contribution in [0.25, 0.3) is 0 Å². The number of fused-ring (bicyclic) bond motifs is 1. The Hall–Kier alpha value is -2.60. The van der Waals surface area contributed by atoms with E-state index in [9.17, 15) is 14.0 Å². The number of carbonyl (C=O) groups is 2. The lowest BCUT2D eigenvalue weighted by Crippen LogP contribution is -2.25. The van der Waals surface area contributed by atoms with Crippen LogP contribution in [0.1, 0.15) is 16.8 Å². The van der Waals surface area contributed by atoms with Gasteiger partial charge in [0.1, 0.15) is 11.6 Å². The normalized spacial score (nSPS) is 13.8. The van der Waals surface area contributed by atoms with E-state index in [1.807, 2.05) is 0 Å². The van der Waals surface area contributed by atoms with Crippen molar-refractivity contribution in [2.45, 2.75) is 6.42 Å². The van der Waals surface area contributed by atoms with Gasteiger partial charge in [-0.15, -0.1) is 0 Å². The molecule has 2 aromatic carbocycles. The van der Waals surface area contributed by atoms with E-state index in [2.05, 4.69) is 5.32 Å². The maximum atomic E-state index is 13.2. The minimum Gasteiger partial charge on any atom is -0.491 e. The zero-order valence-corrected chi connectivity index (χ0v) is 13.6. The van der Waals surface area contributed by atoms with Gasteiger partial charge in [-0.05, 0) is 36.4 Å². The van der Waals surface area contributed by atoms with Crippen LogP contribution in [0, 0.1) is 5.82 Å². The van der Waals surface area contributed by atoms with Crippen molar-refractivity contribution in [1.82, 2.24) is 0 Å². The molecule has 3 rings (SSSR count). The Kier molecular flexibility index (Phi) is 4.40. The van der Waals surface area contributed by atoms with Crippen LogP contribution in [0.15, 0.2) is 36.4 Å². The van der Waals surface area contributed by atoms with E-state index in [1.165, 1.54) is 23.1 Å². The van der Waals surface area contributed by atoms with Gasteiger partial charge in [0.15, 0.2) is 0 Å². The van der Waals surface area contributed by atoms with Crippen LogP contribution in [0.5, 0.6) is 5.75 Å². The summed E-state index contributed by atoms with van der Waals surface area (Å²) in [4.78, 5) is 25.8. The third kappa shape index (κ3) is 3.19. The molecule has 0 bridgehead atoms. The van der Waals surface area contributed by atoms with Crippen molar-refractivity contribution in [1.29, 1.82) is 0 Å². The van der Waals surface area contributed by atoms with Gasteiger partial charge in [0.2, 0.25) is 5.91 Å². The van der Waals surface area contributed by atoms with Gasteiger partial charge in [-0.25, -0.2) is 4.39 Å². The molecule has 2 amide bonds. The topological polar surface area (TPSA) is 58.6 Å². The highest BCUT2D eigenvalue weighted by Gasteiger charge is 2.21. The smallest absolute Gasteiger partial charge is 0.255 e. The molecule has 0 aliphatic carbocycles. The number of nitrogens with zero attached hydrogens (tertiary/aromatic N) is 1. The molecule has 24 heavy (non-hydrogen) atoms. The number of carbonyl (C=O) groups excluding carboxylic acids is 2. The summed E-state index contributed by atoms with van der Waals surface area (Å²) in [6, 6.07) is 8.76. The van der Waals surface area contributed by atoms with E-state index in [0.717, 1.165) is 0 Å². The van der Waals surface area contributed by atoms with Gasteiger partial charge in [0.05, 0.1) is 23.7 Å². The minimum absolute atomic E-state index is 0.0755. The highest BCUT2D eigenvalue weighted by atomic mass is 35.5. The van der Waals surface area contributed by atoms with E-state index >= 15 is 0 Å². The molecule has 124 valence electrons. The average molecular weight is 349 g/mol. The molecule has 1 aliphatic rings. The number of ether oxygens (including phenoxy) is 1. The molecule has 0 fully saturated rings. The van der Waals surface area contributed by atoms with Gasteiger partial charge >= 0.3 is 0 Å². The number of benzene rings is 2. The molecule has 0 atom stereocenters. The monoisotopic (exact) mass is 348 g/mol. The quantitative estimate of drug-likeness (QED) is 0.904. The van der Waals surface area contributed by atoms with Crippen molar-refractivity contribution in [2.75, 3.05) is 23.9 Å². The molecule has 0 saturated carbocycles. The lowest BCUT2D eigenvalue weighted by atomic mass is 10.1. The fourth-order valence-electron chi connectivity index (χ4n) is 2.37. The van der Waals surface area contributed by atoms with Gasteiger partial charge in [-0.3, -0.25) is 9.59 Å². The molecule has 2 aromatic rings. The van der Waals surface area contributed by atoms with Gasteiger partial charge in [-0.2, -0.15) is 0 Å². The fraction of sp³-hybridized carbons (Fsp3) is 0.176. The van der Waals surface area contributed by atoms with Crippen molar-refractivity contribution in [3.8, 4) is 5.75 Å². The first-order valence-electron chi connectivity index (χ1n) is 7.25. The van der Waals surface area contributed by atoms with Crippen LogP contribution >= 0.6 is 11.6 Å². The van der Waals surface area contributed by atoms with Crippen LogP contribution < -0.4 is 15.0 Å². The second kappa shape index (κ2) is 6.49. The zero-order chi connectivity index (χ0) is 17.3. The molecule has 7 heteroatoms. The minimum atomic E-state index is -0.558. The Bertz CT molecular complexity index is 825. The Labute approximate surface area is 143 Å². The molecule has 0 radical (unpaired) electrons. The molecule has 1 N–H and O–H groups in total. The summed E-state index contributed by atoms with van der Waals surface area (Å²) in [5.41, 5.74) is 1.25. The molecule has 0 saturated heterocycles. The predicted octanol–water partition coefficient (Wildman–Crippen LogP) is 3.48. The summed E-state index contributed by atoms with van der Waals surface area (Å²) < 4.78 is 18.7. The molecule has 0 aromatic heterocycles.